The first-order valence-corrected chi connectivity index (χ1v) is 14.2. The van der Waals surface area contributed by atoms with Crippen LogP contribution in [0, 0.1) is 0 Å². The fourth-order valence-corrected chi connectivity index (χ4v) is 4.27. The van der Waals surface area contributed by atoms with Crippen LogP contribution in [0.25, 0.3) is 0 Å². The quantitative estimate of drug-likeness (QED) is 0.118. The second-order valence-corrected chi connectivity index (χ2v) is 9.78. The van der Waals surface area contributed by atoms with E-state index in [4.69, 9.17) is 0 Å². The van der Waals surface area contributed by atoms with Crippen molar-refractivity contribution >= 4 is 33.4 Å². The van der Waals surface area contributed by atoms with Crippen LogP contribution in [0.15, 0.2) is 60.8 Å². The van der Waals surface area contributed by atoms with Crippen LogP contribution in [-0.4, -0.2) is 36.4 Å². The SMILES string of the molecule is CCC=CCC=CCC=CCC=CCC=CCCCC(=O)NCCSSCCNC(C)=O. The molecule has 6 heteroatoms. The lowest BCUT2D eigenvalue weighted by Crippen LogP contribution is -2.25. The van der Waals surface area contributed by atoms with Crippen molar-refractivity contribution in [2.75, 3.05) is 24.6 Å². The van der Waals surface area contributed by atoms with Crippen molar-refractivity contribution in [3.63, 3.8) is 0 Å². The fraction of sp³-hybridized carbons (Fsp3) is 0.538. The van der Waals surface area contributed by atoms with E-state index in [0.29, 0.717) is 19.5 Å². The van der Waals surface area contributed by atoms with Crippen molar-refractivity contribution in [1.29, 1.82) is 0 Å². The predicted molar refractivity (Wildman–Crippen MR) is 145 cm³/mol. The molecule has 0 spiro atoms. The van der Waals surface area contributed by atoms with Crippen molar-refractivity contribution in [3.8, 4) is 0 Å². The summed E-state index contributed by atoms with van der Waals surface area (Å²) in [5, 5.41) is 5.72. The summed E-state index contributed by atoms with van der Waals surface area (Å²) in [5.41, 5.74) is 0. The smallest absolute Gasteiger partial charge is 0.220 e. The first-order chi connectivity index (χ1) is 15.7. The fourth-order valence-electron chi connectivity index (χ4n) is 2.46. The number of unbranched alkanes of at least 4 members (excludes halogenated alkanes) is 1. The van der Waals surface area contributed by atoms with E-state index in [2.05, 4.69) is 78.3 Å². The van der Waals surface area contributed by atoms with Gasteiger partial charge in [0.05, 0.1) is 0 Å². The Labute approximate surface area is 203 Å². The molecule has 0 aliphatic heterocycles. The monoisotopic (exact) mass is 478 g/mol. The Kier molecular flexibility index (Phi) is 24.3. The Balaban J connectivity index is 3.46. The van der Waals surface area contributed by atoms with Crippen LogP contribution in [0.1, 0.15) is 65.2 Å². The summed E-state index contributed by atoms with van der Waals surface area (Å²) in [7, 11) is 3.44. The minimum absolute atomic E-state index is 0.00689. The van der Waals surface area contributed by atoms with Gasteiger partial charge in [-0.3, -0.25) is 9.59 Å². The van der Waals surface area contributed by atoms with Crippen molar-refractivity contribution < 1.29 is 9.59 Å². The number of hydrogen-bond acceptors (Lipinski definition) is 4. The highest BCUT2D eigenvalue weighted by atomic mass is 33.1. The van der Waals surface area contributed by atoms with Crippen LogP contribution in [0.4, 0.5) is 0 Å². The summed E-state index contributed by atoms with van der Waals surface area (Å²) < 4.78 is 0. The molecule has 2 N–H and O–H groups in total. The molecule has 0 rings (SSSR count). The summed E-state index contributed by atoms with van der Waals surface area (Å²) in [6.45, 7) is 5.06. The van der Waals surface area contributed by atoms with E-state index in [9.17, 15) is 9.59 Å². The van der Waals surface area contributed by atoms with Crippen molar-refractivity contribution in [2.24, 2.45) is 0 Å². The van der Waals surface area contributed by atoms with E-state index >= 15 is 0 Å². The Morgan fingerprint density at radius 1 is 0.688 bits per heavy atom. The second-order valence-electron chi connectivity index (χ2n) is 7.08. The summed E-state index contributed by atoms with van der Waals surface area (Å²) in [6.07, 6.45) is 29.4. The lowest BCUT2D eigenvalue weighted by atomic mass is 10.2. The van der Waals surface area contributed by atoms with Gasteiger partial charge in [0.25, 0.3) is 0 Å². The second kappa shape index (κ2) is 25.6. The molecule has 0 aliphatic rings. The average Bonchev–Trinajstić information content (AvgIpc) is 2.77. The van der Waals surface area contributed by atoms with Gasteiger partial charge in [0.1, 0.15) is 0 Å². The van der Waals surface area contributed by atoms with Gasteiger partial charge in [-0.2, -0.15) is 0 Å². The zero-order valence-electron chi connectivity index (χ0n) is 19.9. The third-order valence-electron chi connectivity index (χ3n) is 4.08. The number of hydrogen-bond donors (Lipinski definition) is 2. The topological polar surface area (TPSA) is 58.2 Å². The number of amides is 2. The van der Waals surface area contributed by atoms with Gasteiger partial charge in [-0.25, -0.2) is 0 Å². The van der Waals surface area contributed by atoms with Gasteiger partial charge < -0.3 is 10.6 Å². The Bertz CT molecular complexity index is 611. The van der Waals surface area contributed by atoms with E-state index in [1.165, 1.54) is 6.92 Å². The highest BCUT2D eigenvalue weighted by molar-refractivity contribution is 8.76. The standard InChI is InChI=1S/C26H42N2O2S2/c1-3-4-5-6-7-8-9-10-11-12-13-14-15-16-17-18-19-20-26(30)28-22-24-32-31-23-21-27-25(2)29/h4-5,7-8,10-11,13-14,16-17H,3,6,9,12,15,18-24H2,1-2H3,(H,27,29)(H,28,30). The van der Waals surface area contributed by atoms with Crippen molar-refractivity contribution in [3.05, 3.63) is 60.8 Å². The zero-order valence-corrected chi connectivity index (χ0v) is 21.5. The van der Waals surface area contributed by atoms with Crippen LogP contribution in [0.2, 0.25) is 0 Å². The highest BCUT2D eigenvalue weighted by Gasteiger charge is 1.99. The lowest BCUT2D eigenvalue weighted by molar-refractivity contribution is -0.121. The molecule has 0 heterocycles. The number of carbonyl (C=O) groups excluding carboxylic acids is 2. The summed E-state index contributed by atoms with van der Waals surface area (Å²) in [4.78, 5) is 22.5. The molecule has 0 saturated heterocycles. The first kappa shape index (κ1) is 30.3. The van der Waals surface area contributed by atoms with E-state index in [0.717, 1.165) is 56.5 Å². The molecule has 180 valence electrons. The Hall–Kier alpha value is -1.66. The van der Waals surface area contributed by atoms with Crippen molar-refractivity contribution in [2.45, 2.75) is 65.2 Å². The predicted octanol–water partition coefficient (Wildman–Crippen LogP) is 6.54. The summed E-state index contributed by atoms with van der Waals surface area (Å²) in [5.74, 6) is 1.89. The molecule has 2 amide bonds. The van der Waals surface area contributed by atoms with Crippen LogP contribution in [-0.2, 0) is 9.59 Å². The maximum absolute atomic E-state index is 11.8. The third-order valence-corrected chi connectivity index (χ3v) is 6.49. The molecule has 0 aromatic heterocycles. The highest BCUT2D eigenvalue weighted by Crippen LogP contribution is 2.19. The molecule has 0 radical (unpaired) electrons. The van der Waals surface area contributed by atoms with Crippen LogP contribution in [0.3, 0.4) is 0 Å². The molecular weight excluding hydrogens is 436 g/mol. The average molecular weight is 479 g/mol. The van der Waals surface area contributed by atoms with Gasteiger partial charge in [-0.1, -0.05) is 89.3 Å². The molecule has 0 atom stereocenters. The van der Waals surface area contributed by atoms with E-state index in [-0.39, 0.29) is 11.8 Å². The number of rotatable bonds is 20. The van der Waals surface area contributed by atoms with Gasteiger partial charge in [-0.15, -0.1) is 0 Å². The maximum Gasteiger partial charge on any atom is 0.220 e. The molecule has 0 unspecified atom stereocenters. The first-order valence-electron chi connectivity index (χ1n) is 11.7. The molecule has 0 aromatic rings. The Morgan fingerprint density at radius 2 is 1.16 bits per heavy atom. The largest absolute Gasteiger partial charge is 0.355 e. The molecule has 0 aliphatic carbocycles. The van der Waals surface area contributed by atoms with Gasteiger partial charge in [-0.05, 0) is 44.9 Å². The molecule has 0 saturated carbocycles. The molecular formula is C26H42N2O2S2. The minimum Gasteiger partial charge on any atom is -0.355 e. The Morgan fingerprint density at radius 3 is 1.66 bits per heavy atom. The molecule has 4 nitrogen and oxygen atoms in total. The number of nitrogens with one attached hydrogen (secondary N) is 2. The minimum atomic E-state index is 0.00689. The number of allylic oxidation sites excluding steroid dienone is 10. The van der Waals surface area contributed by atoms with E-state index < -0.39 is 0 Å². The normalized spacial score (nSPS) is 12.2. The molecule has 0 aromatic carbocycles. The van der Waals surface area contributed by atoms with E-state index in [1.807, 2.05) is 0 Å². The van der Waals surface area contributed by atoms with Crippen LogP contribution < -0.4 is 10.6 Å². The number of carbonyl (C=O) groups is 2. The third kappa shape index (κ3) is 26.4. The summed E-state index contributed by atoms with van der Waals surface area (Å²) >= 11 is 0. The van der Waals surface area contributed by atoms with Gasteiger partial charge >= 0.3 is 0 Å². The van der Waals surface area contributed by atoms with Gasteiger partial charge in [0.15, 0.2) is 0 Å². The lowest BCUT2D eigenvalue weighted by Gasteiger charge is -2.04. The zero-order chi connectivity index (χ0) is 23.5. The van der Waals surface area contributed by atoms with E-state index in [1.54, 1.807) is 21.6 Å². The maximum atomic E-state index is 11.8. The molecule has 32 heavy (non-hydrogen) atoms. The summed E-state index contributed by atoms with van der Waals surface area (Å²) in [6, 6.07) is 0. The molecule has 0 bridgehead atoms. The molecule has 0 fully saturated rings. The van der Waals surface area contributed by atoms with Gasteiger partial charge in [0, 0.05) is 37.9 Å². The van der Waals surface area contributed by atoms with Gasteiger partial charge in [0.2, 0.25) is 11.8 Å². The van der Waals surface area contributed by atoms with Crippen LogP contribution in [0.5, 0.6) is 0 Å². The van der Waals surface area contributed by atoms with Crippen molar-refractivity contribution in [1.82, 2.24) is 10.6 Å². The van der Waals surface area contributed by atoms with Crippen LogP contribution >= 0.6 is 21.6 Å².